The van der Waals surface area contributed by atoms with E-state index in [0.717, 1.165) is 17.1 Å². The molecular formula is C21H22N4O3. The lowest BCUT2D eigenvalue weighted by molar-refractivity contribution is -0.134. The molecule has 0 aliphatic carbocycles. The van der Waals surface area contributed by atoms with Gasteiger partial charge in [-0.1, -0.05) is 30.4 Å². The van der Waals surface area contributed by atoms with Gasteiger partial charge in [0.05, 0.1) is 31.0 Å². The molecule has 2 bridgehead atoms. The van der Waals surface area contributed by atoms with Crippen molar-refractivity contribution in [2.45, 2.75) is 25.2 Å². The molecule has 2 fully saturated rings. The van der Waals surface area contributed by atoms with Gasteiger partial charge in [-0.15, -0.1) is 0 Å². The third-order valence-electron chi connectivity index (χ3n) is 6.13. The largest absolute Gasteiger partial charge is 0.360 e. The minimum absolute atomic E-state index is 0.0191. The zero-order chi connectivity index (χ0) is 19.5. The predicted molar refractivity (Wildman–Crippen MR) is 102 cm³/mol. The minimum atomic E-state index is -0.647. The highest BCUT2D eigenvalue weighted by Gasteiger charge is 2.66. The summed E-state index contributed by atoms with van der Waals surface area (Å²) >= 11 is 0. The van der Waals surface area contributed by atoms with Crippen LogP contribution in [0.15, 0.2) is 48.8 Å². The molecule has 3 aliphatic rings. The molecule has 28 heavy (non-hydrogen) atoms. The van der Waals surface area contributed by atoms with Gasteiger partial charge in [-0.05, 0) is 18.6 Å². The fourth-order valence-electron chi connectivity index (χ4n) is 4.74. The molecule has 2 aromatic rings. The lowest BCUT2D eigenvalue weighted by Gasteiger charge is -2.24. The number of likely N-dealkylation sites (tertiary alicyclic amines) is 1. The molecule has 7 heteroatoms. The number of likely N-dealkylation sites (N-methyl/N-ethyl adjacent to an activating group) is 1. The zero-order valence-corrected chi connectivity index (χ0v) is 15.8. The van der Waals surface area contributed by atoms with Crippen molar-refractivity contribution in [2.24, 2.45) is 11.8 Å². The van der Waals surface area contributed by atoms with Crippen molar-refractivity contribution in [3.05, 3.63) is 60.2 Å². The number of rotatable bonds is 4. The van der Waals surface area contributed by atoms with Gasteiger partial charge in [-0.25, -0.2) is 4.98 Å². The number of aromatic nitrogens is 2. The van der Waals surface area contributed by atoms with Gasteiger partial charge in [0.15, 0.2) is 0 Å². The summed E-state index contributed by atoms with van der Waals surface area (Å²) in [5.74, 6) is -0.232. The molecule has 1 N–H and O–H groups in total. The highest BCUT2D eigenvalue weighted by molar-refractivity contribution is 5.99. The van der Waals surface area contributed by atoms with E-state index in [1.54, 1.807) is 18.1 Å². The number of nitrogens with one attached hydrogen (secondary N) is 1. The van der Waals surface area contributed by atoms with E-state index < -0.39 is 17.4 Å². The molecule has 7 nitrogen and oxygen atoms in total. The number of nitrogens with zero attached hydrogens (tertiary/aromatic N) is 3. The average molecular weight is 378 g/mol. The van der Waals surface area contributed by atoms with Crippen LogP contribution in [0.4, 0.5) is 5.69 Å². The molecule has 1 aromatic heterocycles. The summed E-state index contributed by atoms with van der Waals surface area (Å²) in [7, 11) is 1.76. The molecule has 4 atom stereocenters. The van der Waals surface area contributed by atoms with E-state index in [2.05, 4.69) is 10.3 Å². The van der Waals surface area contributed by atoms with Gasteiger partial charge in [0.25, 0.3) is 0 Å². The van der Waals surface area contributed by atoms with Crippen LogP contribution in [0.2, 0.25) is 0 Å². The first-order valence-corrected chi connectivity index (χ1v) is 9.47. The number of anilines is 1. The van der Waals surface area contributed by atoms with E-state index in [0.29, 0.717) is 13.1 Å². The van der Waals surface area contributed by atoms with Gasteiger partial charge in [0.1, 0.15) is 11.4 Å². The van der Waals surface area contributed by atoms with E-state index in [1.165, 1.54) is 0 Å². The number of benzene rings is 1. The predicted octanol–water partition coefficient (Wildman–Crippen LogP) is 1.59. The van der Waals surface area contributed by atoms with Crippen LogP contribution in [0.5, 0.6) is 0 Å². The van der Waals surface area contributed by atoms with Crippen molar-refractivity contribution >= 4 is 17.5 Å². The Kier molecular flexibility index (Phi) is 3.71. The summed E-state index contributed by atoms with van der Waals surface area (Å²) in [5, 5.41) is 3.06. The highest BCUT2D eigenvalue weighted by Crippen LogP contribution is 2.51. The lowest BCUT2D eigenvalue weighted by Crippen LogP contribution is -2.41. The smallest absolute Gasteiger partial charge is 0.231 e. The first kappa shape index (κ1) is 17.2. The van der Waals surface area contributed by atoms with Crippen molar-refractivity contribution in [1.82, 2.24) is 14.5 Å². The number of fused-ring (bicyclic) bond motifs is 1. The first-order chi connectivity index (χ1) is 13.5. The Morgan fingerprint density at radius 3 is 3.00 bits per heavy atom. The van der Waals surface area contributed by atoms with Crippen LogP contribution >= 0.6 is 0 Å². The summed E-state index contributed by atoms with van der Waals surface area (Å²) in [5.41, 5.74) is 1.09. The average Bonchev–Trinajstić information content (AvgIpc) is 3.40. The third-order valence-corrected chi connectivity index (χ3v) is 6.13. The van der Waals surface area contributed by atoms with Crippen molar-refractivity contribution in [2.75, 3.05) is 18.9 Å². The Bertz CT molecular complexity index is 997. The molecule has 1 spiro atoms. The number of ether oxygens (including phenoxy) is 1. The molecule has 2 amide bonds. The molecule has 0 saturated carbocycles. The van der Waals surface area contributed by atoms with Crippen LogP contribution in [0, 0.1) is 18.8 Å². The van der Waals surface area contributed by atoms with Gasteiger partial charge in [0, 0.05) is 25.1 Å². The van der Waals surface area contributed by atoms with Crippen molar-refractivity contribution in [3.8, 4) is 0 Å². The standard InChI is InChI=1S/C21H22N4O3/c1-13-22-9-10-25(13)11-14-5-3-4-6-15(14)23-19(26)17-16-7-8-21(28-16)12-24(2)20(27)18(17)21/h3-10,16-18H,11-12H2,1-2H3,(H,23,26)/t16-,17-,18+,21-/m0/s1. The molecule has 4 heterocycles. The Morgan fingerprint density at radius 2 is 2.21 bits per heavy atom. The van der Waals surface area contributed by atoms with E-state index in [9.17, 15) is 9.59 Å². The summed E-state index contributed by atoms with van der Waals surface area (Å²) in [6.45, 7) is 3.06. The summed E-state index contributed by atoms with van der Waals surface area (Å²) < 4.78 is 8.11. The number of amides is 2. The number of carbonyl (C=O) groups excluding carboxylic acids is 2. The summed E-state index contributed by atoms with van der Waals surface area (Å²) in [4.78, 5) is 31.8. The fraction of sp³-hybridized carbons (Fsp3) is 0.381. The van der Waals surface area contributed by atoms with Gasteiger partial charge in [-0.2, -0.15) is 0 Å². The maximum atomic E-state index is 13.2. The number of carbonyl (C=O) groups is 2. The third kappa shape index (κ3) is 2.43. The number of hydrogen-bond donors (Lipinski definition) is 1. The topological polar surface area (TPSA) is 76.5 Å². The lowest BCUT2D eigenvalue weighted by atomic mass is 9.76. The maximum absolute atomic E-state index is 13.2. The molecule has 5 rings (SSSR count). The molecular weight excluding hydrogens is 356 g/mol. The van der Waals surface area contributed by atoms with Gasteiger partial charge >= 0.3 is 0 Å². The van der Waals surface area contributed by atoms with E-state index in [1.807, 2.05) is 54.1 Å². The van der Waals surface area contributed by atoms with E-state index in [4.69, 9.17) is 4.74 Å². The zero-order valence-electron chi connectivity index (χ0n) is 15.8. The second-order valence-corrected chi connectivity index (χ2v) is 7.84. The second kappa shape index (κ2) is 6.04. The Hall–Kier alpha value is -2.93. The van der Waals surface area contributed by atoms with Crippen LogP contribution in [0.3, 0.4) is 0 Å². The normalized spacial score (nSPS) is 30.1. The molecule has 0 radical (unpaired) electrons. The van der Waals surface area contributed by atoms with Gasteiger partial charge in [-0.3, -0.25) is 9.59 Å². The fourth-order valence-corrected chi connectivity index (χ4v) is 4.74. The van der Waals surface area contributed by atoms with Crippen molar-refractivity contribution in [1.29, 1.82) is 0 Å². The van der Waals surface area contributed by atoms with Crippen LogP contribution in [0.1, 0.15) is 11.4 Å². The Balaban J connectivity index is 1.41. The molecule has 1 aromatic carbocycles. The quantitative estimate of drug-likeness (QED) is 0.820. The summed E-state index contributed by atoms with van der Waals surface area (Å²) in [6, 6.07) is 7.72. The van der Waals surface area contributed by atoms with Gasteiger partial charge < -0.3 is 19.5 Å². The Morgan fingerprint density at radius 1 is 1.39 bits per heavy atom. The first-order valence-electron chi connectivity index (χ1n) is 9.47. The number of para-hydroxylation sites is 1. The van der Waals surface area contributed by atoms with Crippen LogP contribution in [-0.2, 0) is 20.9 Å². The summed E-state index contributed by atoms with van der Waals surface area (Å²) in [6.07, 6.45) is 7.22. The molecule has 0 unspecified atom stereocenters. The van der Waals surface area contributed by atoms with Crippen molar-refractivity contribution < 1.29 is 14.3 Å². The molecule has 3 aliphatic heterocycles. The SMILES string of the molecule is Cc1nccn1Cc1ccccc1NC(=O)[C@H]1[C@@H]2C=C[C@@]3(CN(C)C(=O)[C@@H]13)O2. The van der Waals surface area contributed by atoms with Crippen LogP contribution < -0.4 is 5.32 Å². The highest BCUT2D eigenvalue weighted by atomic mass is 16.5. The maximum Gasteiger partial charge on any atom is 0.231 e. The number of hydrogen-bond acceptors (Lipinski definition) is 4. The molecule has 144 valence electrons. The van der Waals surface area contributed by atoms with Gasteiger partial charge in [0.2, 0.25) is 11.8 Å². The number of imidazole rings is 1. The second-order valence-electron chi connectivity index (χ2n) is 7.84. The molecule has 2 saturated heterocycles. The minimum Gasteiger partial charge on any atom is -0.360 e. The van der Waals surface area contributed by atoms with Crippen LogP contribution in [0.25, 0.3) is 0 Å². The Labute approximate surface area is 163 Å². The monoisotopic (exact) mass is 378 g/mol. The van der Waals surface area contributed by atoms with Crippen LogP contribution in [-0.4, -0.2) is 51.6 Å². The number of aryl methyl sites for hydroxylation is 1. The van der Waals surface area contributed by atoms with E-state index >= 15 is 0 Å². The van der Waals surface area contributed by atoms with E-state index in [-0.39, 0.29) is 17.9 Å². The van der Waals surface area contributed by atoms with Crippen molar-refractivity contribution in [3.63, 3.8) is 0 Å².